The van der Waals surface area contributed by atoms with Gasteiger partial charge in [0.05, 0.1) is 17.1 Å². The Morgan fingerprint density at radius 3 is 2.18 bits per heavy atom. The number of hydrogen-bond acceptors (Lipinski definition) is 4. The predicted octanol–water partition coefficient (Wildman–Crippen LogP) is 6.58. The van der Waals surface area contributed by atoms with E-state index < -0.39 is 0 Å². The van der Waals surface area contributed by atoms with Crippen molar-refractivity contribution in [3.05, 3.63) is 64.6 Å². The highest BCUT2D eigenvalue weighted by atomic mass is 16.5. The highest BCUT2D eigenvalue weighted by Crippen LogP contribution is 2.52. The predicted molar refractivity (Wildman–Crippen MR) is 114 cm³/mol. The van der Waals surface area contributed by atoms with E-state index in [4.69, 9.17) is 4.74 Å². The van der Waals surface area contributed by atoms with Crippen molar-refractivity contribution < 1.29 is 4.74 Å². The number of para-hydroxylation sites is 1. The molecular formula is C24H27N3O. The van der Waals surface area contributed by atoms with E-state index >= 15 is 0 Å². The molecule has 1 aliphatic heterocycles. The Kier molecular flexibility index (Phi) is 4.18. The van der Waals surface area contributed by atoms with Gasteiger partial charge in [-0.25, -0.2) is 9.97 Å². The summed E-state index contributed by atoms with van der Waals surface area (Å²) in [5.41, 5.74) is 7.99. The fourth-order valence-corrected chi connectivity index (χ4v) is 3.86. The third-order valence-corrected chi connectivity index (χ3v) is 5.39. The van der Waals surface area contributed by atoms with Crippen LogP contribution in [-0.4, -0.2) is 9.97 Å². The number of fused-ring (bicyclic) bond motifs is 2. The van der Waals surface area contributed by atoms with Crippen LogP contribution in [-0.2, 0) is 5.41 Å². The molecule has 1 aromatic heterocycles. The Balaban J connectivity index is 2.02. The van der Waals surface area contributed by atoms with Crippen LogP contribution in [0.3, 0.4) is 0 Å². The second kappa shape index (κ2) is 6.33. The molecule has 2 aromatic carbocycles. The lowest BCUT2D eigenvalue weighted by atomic mass is 9.84. The number of benzene rings is 2. The number of rotatable bonds is 1. The van der Waals surface area contributed by atoms with Gasteiger partial charge in [0, 0.05) is 0 Å². The van der Waals surface area contributed by atoms with Crippen LogP contribution in [0.1, 0.15) is 48.7 Å². The average Bonchev–Trinajstić information content (AvgIpc) is 2.61. The van der Waals surface area contributed by atoms with Crippen LogP contribution in [0.25, 0.3) is 0 Å². The van der Waals surface area contributed by atoms with Gasteiger partial charge >= 0.3 is 0 Å². The second-order valence-electron chi connectivity index (χ2n) is 8.68. The van der Waals surface area contributed by atoms with E-state index in [1.165, 1.54) is 16.7 Å². The van der Waals surface area contributed by atoms with Gasteiger partial charge in [-0.05, 0) is 61.4 Å². The molecule has 0 saturated heterocycles. The third kappa shape index (κ3) is 2.84. The Morgan fingerprint density at radius 2 is 1.54 bits per heavy atom. The highest BCUT2D eigenvalue weighted by molar-refractivity contribution is 5.87. The van der Waals surface area contributed by atoms with Crippen molar-refractivity contribution in [3.63, 3.8) is 0 Å². The minimum atomic E-state index is 0.101. The summed E-state index contributed by atoms with van der Waals surface area (Å²) in [6.07, 6.45) is 1.61. The summed E-state index contributed by atoms with van der Waals surface area (Å²) >= 11 is 0. The van der Waals surface area contributed by atoms with Crippen LogP contribution < -0.4 is 9.64 Å². The van der Waals surface area contributed by atoms with Crippen LogP contribution in [0.2, 0.25) is 0 Å². The molecule has 28 heavy (non-hydrogen) atoms. The lowest BCUT2D eigenvalue weighted by molar-refractivity contribution is 0.463. The summed E-state index contributed by atoms with van der Waals surface area (Å²) < 4.78 is 6.28. The molecule has 0 saturated carbocycles. The van der Waals surface area contributed by atoms with Crippen molar-refractivity contribution in [2.75, 3.05) is 4.90 Å². The molecule has 0 amide bonds. The van der Waals surface area contributed by atoms with Gasteiger partial charge in [0.15, 0.2) is 17.3 Å². The highest BCUT2D eigenvalue weighted by Gasteiger charge is 2.31. The fourth-order valence-electron chi connectivity index (χ4n) is 3.86. The van der Waals surface area contributed by atoms with E-state index in [9.17, 15) is 0 Å². The monoisotopic (exact) mass is 373 g/mol. The van der Waals surface area contributed by atoms with E-state index in [0.717, 1.165) is 39.9 Å². The minimum absolute atomic E-state index is 0.101. The first-order valence-corrected chi connectivity index (χ1v) is 9.69. The van der Waals surface area contributed by atoms with Gasteiger partial charge in [-0.2, -0.15) is 0 Å². The maximum absolute atomic E-state index is 6.28. The van der Waals surface area contributed by atoms with Gasteiger partial charge < -0.3 is 4.74 Å². The van der Waals surface area contributed by atoms with Crippen LogP contribution in [0.4, 0.5) is 17.2 Å². The number of aromatic nitrogens is 2. The zero-order valence-electron chi connectivity index (χ0n) is 17.7. The standard InChI is InChI=1S/C24H27N3O/c1-14-9-8-10-19-21(14)28-22-17(4)25-13-26-23(22)27(19)20-15(2)11-18(12-16(20)3)24(5,6)7/h8-13H,1-7H3. The molecule has 4 rings (SSSR count). The number of nitrogens with zero attached hydrogens (tertiary/aromatic N) is 3. The maximum atomic E-state index is 6.28. The first kappa shape index (κ1) is 18.5. The largest absolute Gasteiger partial charge is 0.449 e. The normalized spacial score (nSPS) is 13.0. The summed E-state index contributed by atoms with van der Waals surface area (Å²) in [5.74, 6) is 2.38. The molecule has 1 aliphatic rings. The zero-order chi connectivity index (χ0) is 20.2. The van der Waals surface area contributed by atoms with Crippen molar-refractivity contribution >= 4 is 17.2 Å². The Hall–Kier alpha value is -2.88. The molecule has 0 bridgehead atoms. The summed E-state index contributed by atoms with van der Waals surface area (Å²) in [6.45, 7) is 15.1. The molecular weight excluding hydrogens is 346 g/mol. The van der Waals surface area contributed by atoms with Gasteiger partial charge in [-0.15, -0.1) is 0 Å². The maximum Gasteiger partial charge on any atom is 0.191 e. The molecule has 2 heterocycles. The summed E-state index contributed by atoms with van der Waals surface area (Å²) in [4.78, 5) is 11.2. The Morgan fingerprint density at radius 1 is 0.857 bits per heavy atom. The van der Waals surface area contributed by atoms with Crippen LogP contribution in [0.5, 0.6) is 11.5 Å². The van der Waals surface area contributed by atoms with E-state index in [2.05, 4.69) is 86.7 Å². The van der Waals surface area contributed by atoms with E-state index in [1.807, 2.05) is 6.92 Å². The summed E-state index contributed by atoms with van der Waals surface area (Å²) in [6, 6.07) is 10.8. The van der Waals surface area contributed by atoms with E-state index in [1.54, 1.807) is 6.33 Å². The van der Waals surface area contributed by atoms with Crippen LogP contribution in [0, 0.1) is 27.7 Å². The first-order valence-electron chi connectivity index (χ1n) is 9.69. The number of aryl methyl sites for hydroxylation is 4. The second-order valence-corrected chi connectivity index (χ2v) is 8.68. The number of ether oxygens (including phenoxy) is 1. The Bertz CT molecular complexity index is 1010. The summed E-state index contributed by atoms with van der Waals surface area (Å²) in [7, 11) is 0. The molecule has 0 N–H and O–H groups in total. The smallest absolute Gasteiger partial charge is 0.191 e. The molecule has 4 nitrogen and oxygen atoms in total. The van der Waals surface area contributed by atoms with Gasteiger partial charge in [0.25, 0.3) is 0 Å². The SMILES string of the molecule is Cc1cccc2c1Oc1c(C)ncnc1N2c1c(C)cc(C(C)(C)C)cc1C. The van der Waals surface area contributed by atoms with Crippen molar-refractivity contribution in [1.82, 2.24) is 9.97 Å². The lowest BCUT2D eigenvalue weighted by Crippen LogP contribution is -2.21. The quantitative estimate of drug-likeness (QED) is 0.377. The molecule has 144 valence electrons. The third-order valence-electron chi connectivity index (χ3n) is 5.39. The number of hydrogen-bond donors (Lipinski definition) is 0. The molecule has 4 heteroatoms. The molecule has 0 atom stereocenters. The zero-order valence-corrected chi connectivity index (χ0v) is 17.7. The van der Waals surface area contributed by atoms with Crippen molar-refractivity contribution in [1.29, 1.82) is 0 Å². The van der Waals surface area contributed by atoms with Crippen LogP contribution >= 0.6 is 0 Å². The molecule has 0 radical (unpaired) electrons. The Labute approximate surface area is 167 Å². The van der Waals surface area contributed by atoms with Crippen molar-refractivity contribution in [3.8, 4) is 11.5 Å². The summed E-state index contributed by atoms with van der Waals surface area (Å²) in [5, 5.41) is 0. The average molecular weight is 374 g/mol. The molecule has 0 spiro atoms. The van der Waals surface area contributed by atoms with Gasteiger partial charge in [-0.3, -0.25) is 4.90 Å². The molecule has 0 fully saturated rings. The van der Waals surface area contributed by atoms with E-state index in [-0.39, 0.29) is 5.41 Å². The fraction of sp³-hybridized carbons (Fsp3) is 0.333. The van der Waals surface area contributed by atoms with Gasteiger partial charge in [0.2, 0.25) is 0 Å². The van der Waals surface area contributed by atoms with Gasteiger partial charge in [-0.1, -0.05) is 45.0 Å². The first-order chi connectivity index (χ1) is 13.2. The minimum Gasteiger partial charge on any atom is -0.449 e. The van der Waals surface area contributed by atoms with Crippen molar-refractivity contribution in [2.45, 2.75) is 53.9 Å². The topological polar surface area (TPSA) is 38.3 Å². The number of anilines is 3. The van der Waals surface area contributed by atoms with E-state index in [0.29, 0.717) is 0 Å². The molecule has 0 unspecified atom stereocenters. The molecule has 0 aliphatic carbocycles. The van der Waals surface area contributed by atoms with Crippen molar-refractivity contribution in [2.24, 2.45) is 0 Å². The van der Waals surface area contributed by atoms with Crippen LogP contribution in [0.15, 0.2) is 36.7 Å². The molecule has 3 aromatic rings. The van der Waals surface area contributed by atoms with Gasteiger partial charge in [0.1, 0.15) is 6.33 Å². The lowest BCUT2D eigenvalue weighted by Gasteiger charge is -2.35.